The molecular formula is C14H18O4S. The summed E-state index contributed by atoms with van der Waals surface area (Å²) in [5, 5.41) is 0. The van der Waals surface area contributed by atoms with Crippen molar-refractivity contribution in [2.24, 2.45) is 0 Å². The fourth-order valence-corrected chi connectivity index (χ4v) is 2.90. The molecule has 2 rings (SSSR count). The molecule has 0 aromatic heterocycles. The lowest BCUT2D eigenvalue weighted by Crippen LogP contribution is -2.19. The molecule has 0 N–H and O–H groups in total. The summed E-state index contributed by atoms with van der Waals surface area (Å²) in [5.41, 5.74) is 1.01. The third-order valence-electron chi connectivity index (χ3n) is 3.12. The van der Waals surface area contributed by atoms with Crippen LogP contribution in [0.2, 0.25) is 0 Å². The predicted octanol–water partition coefficient (Wildman–Crippen LogP) is 2.43. The van der Waals surface area contributed by atoms with Crippen LogP contribution in [-0.4, -0.2) is 27.2 Å². The second-order valence-electron chi connectivity index (χ2n) is 4.66. The van der Waals surface area contributed by atoms with E-state index in [1.807, 2.05) is 6.92 Å². The zero-order valence-corrected chi connectivity index (χ0v) is 11.7. The molecule has 1 aliphatic heterocycles. The molecule has 1 saturated heterocycles. The van der Waals surface area contributed by atoms with Gasteiger partial charge in [0, 0.05) is 0 Å². The van der Waals surface area contributed by atoms with E-state index >= 15 is 0 Å². The molecule has 1 aromatic rings. The van der Waals surface area contributed by atoms with E-state index in [1.165, 1.54) is 0 Å². The summed E-state index contributed by atoms with van der Waals surface area (Å²) in [6.07, 6.45) is 3.22. The van der Waals surface area contributed by atoms with Crippen LogP contribution in [0.1, 0.15) is 18.4 Å². The fraction of sp³-hybridized carbons (Fsp3) is 0.429. The first kappa shape index (κ1) is 14.2. The van der Waals surface area contributed by atoms with Gasteiger partial charge in [-0.1, -0.05) is 23.8 Å². The van der Waals surface area contributed by atoms with Crippen molar-refractivity contribution in [3.8, 4) is 0 Å². The van der Waals surface area contributed by atoms with Gasteiger partial charge in [0.15, 0.2) is 0 Å². The molecular weight excluding hydrogens is 264 g/mol. The first-order chi connectivity index (χ1) is 9.01. The SMILES string of the molecule is C=CC1CCC(COS(=O)(=O)c2ccc(C)cc2)O1. The van der Waals surface area contributed by atoms with Gasteiger partial charge in [0.1, 0.15) is 0 Å². The molecule has 1 aromatic carbocycles. The second-order valence-corrected chi connectivity index (χ2v) is 6.28. The zero-order chi connectivity index (χ0) is 13.9. The third-order valence-corrected chi connectivity index (χ3v) is 4.42. The van der Waals surface area contributed by atoms with Gasteiger partial charge in [-0.05, 0) is 31.9 Å². The summed E-state index contributed by atoms with van der Waals surface area (Å²) in [5.74, 6) is 0. The van der Waals surface area contributed by atoms with E-state index in [-0.39, 0.29) is 23.7 Å². The Morgan fingerprint density at radius 3 is 2.63 bits per heavy atom. The zero-order valence-electron chi connectivity index (χ0n) is 10.9. The molecule has 1 aliphatic rings. The van der Waals surface area contributed by atoms with E-state index in [4.69, 9.17) is 8.92 Å². The Morgan fingerprint density at radius 1 is 1.37 bits per heavy atom. The highest BCUT2D eigenvalue weighted by atomic mass is 32.2. The molecule has 1 fully saturated rings. The summed E-state index contributed by atoms with van der Waals surface area (Å²) in [6.45, 7) is 5.62. The van der Waals surface area contributed by atoms with E-state index in [1.54, 1.807) is 30.3 Å². The fourth-order valence-electron chi connectivity index (χ4n) is 1.97. The molecule has 1 heterocycles. The van der Waals surface area contributed by atoms with E-state index in [0.29, 0.717) is 0 Å². The van der Waals surface area contributed by atoms with Gasteiger partial charge < -0.3 is 4.74 Å². The van der Waals surface area contributed by atoms with Crippen LogP contribution in [0.25, 0.3) is 0 Å². The van der Waals surface area contributed by atoms with E-state index < -0.39 is 10.1 Å². The molecule has 0 saturated carbocycles. The minimum absolute atomic E-state index is 0.00989. The largest absolute Gasteiger partial charge is 0.368 e. The lowest BCUT2D eigenvalue weighted by Gasteiger charge is -2.12. The van der Waals surface area contributed by atoms with Crippen molar-refractivity contribution in [1.82, 2.24) is 0 Å². The second kappa shape index (κ2) is 5.86. The van der Waals surface area contributed by atoms with Crippen molar-refractivity contribution in [3.05, 3.63) is 42.5 Å². The van der Waals surface area contributed by atoms with Crippen LogP contribution in [-0.2, 0) is 19.0 Å². The van der Waals surface area contributed by atoms with Crippen LogP contribution >= 0.6 is 0 Å². The van der Waals surface area contributed by atoms with Gasteiger partial charge in [-0.2, -0.15) is 8.42 Å². The van der Waals surface area contributed by atoms with Gasteiger partial charge in [-0.3, -0.25) is 4.18 Å². The maximum atomic E-state index is 12.0. The Morgan fingerprint density at radius 2 is 2.05 bits per heavy atom. The van der Waals surface area contributed by atoms with Gasteiger partial charge in [0.25, 0.3) is 10.1 Å². The van der Waals surface area contributed by atoms with Crippen molar-refractivity contribution in [3.63, 3.8) is 0 Å². The maximum absolute atomic E-state index is 12.0. The first-order valence-electron chi connectivity index (χ1n) is 6.25. The molecule has 4 nitrogen and oxygen atoms in total. The highest BCUT2D eigenvalue weighted by Gasteiger charge is 2.25. The molecule has 0 amide bonds. The summed E-state index contributed by atoms with van der Waals surface area (Å²) in [6, 6.07) is 6.59. The lowest BCUT2D eigenvalue weighted by atomic mass is 10.2. The molecule has 104 valence electrons. The number of rotatable bonds is 5. The van der Waals surface area contributed by atoms with Gasteiger partial charge in [-0.15, -0.1) is 6.58 Å². The van der Waals surface area contributed by atoms with Crippen LogP contribution in [0.4, 0.5) is 0 Å². The Hall–Kier alpha value is -1.17. The molecule has 19 heavy (non-hydrogen) atoms. The first-order valence-corrected chi connectivity index (χ1v) is 7.66. The normalized spacial score (nSPS) is 23.4. The highest BCUT2D eigenvalue weighted by Crippen LogP contribution is 2.22. The highest BCUT2D eigenvalue weighted by molar-refractivity contribution is 7.86. The van der Waals surface area contributed by atoms with E-state index in [9.17, 15) is 8.42 Å². The average molecular weight is 282 g/mol. The smallest absolute Gasteiger partial charge is 0.297 e. The van der Waals surface area contributed by atoms with Crippen molar-refractivity contribution in [2.45, 2.75) is 36.9 Å². The third kappa shape index (κ3) is 3.65. The Labute approximate surface area is 114 Å². The summed E-state index contributed by atoms with van der Waals surface area (Å²) in [7, 11) is -3.69. The summed E-state index contributed by atoms with van der Waals surface area (Å²) < 4.78 is 34.5. The molecule has 5 heteroatoms. The van der Waals surface area contributed by atoms with Crippen molar-refractivity contribution in [2.75, 3.05) is 6.61 Å². The van der Waals surface area contributed by atoms with Crippen LogP contribution < -0.4 is 0 Å². The molecule has 0 bridgehead atoms. The van der Waals surface area contributed by atoms with Crippen LogP contribution in [0.5, 0.6) is 0 Å². The monoisotopic (exact) mass is 282 g/mol. The molecule has 2 unspecified atom stereocenters. The van der Waals surface area contributed by atoms with Crippen molar-refractivity contribution < 1.29 is 17.3 Å². The number of hydrogen-bond acceptors (Lipinski definition) is 4. The van der Waals surface area contributed by atoms with Crippen LogP contribution in [0.15, 0.2) is 41.8 Å². The van der Waals surface area contributed by atoms with Gasteiger partial charge in [0.2, 0.25) is 0 Å². The van der Waals surface area contributed by atoms with E-state index in [0.717, 1.165) is 18.4 Å². The minimum atomic E-state index is -3.69. The Balaban J connectivity index is 1.95. The van der Waals surface area contributed by atoms with Crippen LogP contribution in [0.3, 0.4) is 0 Å². The number of hydrogen-bond donors (Lipinski definition) is 0. The molecule has 2 atom stereocenters. The van der Waals surface area contributed by atoms with Crippen molar-refractivity contribution >= 4 is 10.1 Å². The molecule has 0 spiro atoms. The van der Waals surface area contributed by atoms with Gasteiger partial charge >= 0.3 is 0 Å². The van der Waals surface area contributed by atoms with E-state index in [2.05, 4.69) is 6.58 Å². The van der Waals surface area contributed by atoms with Gasteiger partial charge in [-0.25, -0.2) is 0 Å². The predicted molar refractivity (Wildman–Crippen MR) is 72.4 cm³/mol. The number of aryl methyl sites for hydroxylation is 1. The Bertz CT molecular complexity index is 533. The lowest BCUT2D eigenvalue weighted by molar-refractivity contribution is 0.0400. The maximum Gasteiger partial charge on any atom is 0.297 e. The summed E-state index contributed by atoms with van der Waals surface area (Å²) >= 11 is 0. The quantitative estimate of drug-likeness (QED) is 0.615. The molecule has 0 radical (unpaired) electrons. The molecule has 0 aliphatic carbocycles. The minimum Gasteiger partial charge on any atom is -0.368 e. The summed E-state index contributed by atoms with van der Waals surface area (Å²) in [4.78, 5) is 0.177. The van der Waals surface area contributed by atoms with Crippen LogP contribution in [0, 0.1) is 6.92 Å². The van der Waals surface area contributed by atoms with Crippen molar-refractivity contribution in [1.29, 1.82) is 0 Å². The number of benzene rings is 1. The Kier molecular flexibility index (Phi) is 4.39. The standard InChI is InChI=1S/C14H18O4S/c1-3-12-6-7-13(18-12)10-17-19(15,16)14-8-4-11(2)5-9-14/h3-5,8-9,12-13H,1,6-7,10H2,2H3. The number of ether oxygens (including phenoxy) is 1. The topological polar surface area (TPSA) is 52.6 Å². The average Bonchev–Trinajstić information content (AvgIpc) is 2.85. The van der Waals surface area contributed by atoms with Gasteiger partial charge in [0.05, 0.1) is 23.7 Å².